The van der Waals surface area contributed by atoms with E-state index in [4.69, 9.17) is 16.3 Å². The number of carbonyl (C=O) groups is 2. The first-order valence-electron chi connectivity index (χ1n) is 7.85. The van der Waals surface area contributed by atoms with Gasteiger partial charge < -0.3 is 9.64 Å². The Morgan fingerprint density at radius 3 is 2.48 bits per heavy atom. The van der Waals surface area contributed by atoms with Gasteiger partial charge in [0.25, 0.3) is 0 Å². The van der Waals surface area contributed by atoms with Gasteiger partial charge >= 0.3 is 5.97 Å². The van der Waals surface area contributed by atoms with Gasteiger partial charge in [0.05, 0.1) is 18.4 Å². The number of carbonyl (C=O) groups excluding carboxylic acids is 2. The maximum Gasteiger partial charge on any atom is 0.339 e. The first-order chi connectivity index (χ1) is 12.0. The molecule has 0 N–H and O–H groups in total. The van der Waals surface area contributed by atoms with Crippen LogP contribution in [0, 0.1) is 0 Å². The molecule has 2 rings (SSSR count). The van der Waals surface area contributed by atoms with Crippen LogP contribution in [0.3, 0.4) is 0 Å². The molecule has 0 heterocycles. The standard InChI is InChI=1S/C19H20ClNO3S/c1-21(17-7-4-3-6-16(17)19(23)24-2)18(22)8-5-13-25-15-11-9-14(20)10-12-15/h3-4,6-7,9-12H,5,8,13H2,1-2H3. The lowest BCUT2D eigenvalue weighted by molar-refractivity contribution is -0.118. The van der Waals surface area contributed by atoms with Crippen molar-refractivity contribution in [3.63, 3.8) is 0 Å². The van der Waals surface area contributed by atoms with Crippen LogP contribution in [0.2, 0.25) is 5.02 Å². The van der Waals surface area contributed by atoms with Crippen molar-refractivity contribution >= 4 is 40.9 Å². The number of anilines is 1. The van der Waals surface area contributed by atoms with Crippen LogP contribution in [-0.4, -0.2) is 31.8 Å². The summed E-state index contributed by atoms with van der Waals surface area (Å²) >= 11 is 7.55. The normalized spacial score (nSPS) is 10.4. The SMILES string of the molecule is COC(=O)c1ccccc1N(C)C(=O)CCCSc1ccc(Cl)cc1. The maximum absolute atomic E-state index is 12.4. The van der Waals surface area contributed by atoms with Crippen LogP contribution in [-0.2, 0) is 9.53 Å². The summed E-state index contributed by atoms with van der Waals surface area (Å²) in [6, 6.07) is 14.6. The second kappa shape index (κ2) is 9.49. The number of hydrogen-bond donors (Lipinski definition) is 0. The van der Waals surface area contributed by atoms with Gasteiger partial charge in [-0.2, -0.15) is 0 Å². The van der Waals surface area contributed by atoms with E-state index in [1.165, 1.54) is 12.0 Å². The van der Waals surface area contributed by atoms with Gasteiger partial charge in [0.2, 0.25) is 5.91 Å². The van der Waals surface area contributed by atoms with Crippen LogP contribution in [0.5, 0.6) is 0 Å². The number of ether oxygens (including phenoxy) is 1. The van der Waals surface area contributed by atoms with Gasteiger partial charge in [-0.05, 0) is 48.6 Å². The lowest BCUT2D eigenvalue weighted by Gasteiger charge is -2.19. The van der Waals surface area contributed by atoms with Crippen molar-refractivity contribution in [3.8, 4) is 0 Å². The average Bonchev–Trinajstić information content (AvgIpc) is 2.65. The molecule has 0 unspecified atom stereocenters. The fourth-order valence-electron chi connectivity index (χ4n) is 2.29. The number of methoxy groups -OCH3 is 1. The van der Waals surface area contributed by atoms with Crippen molar-refractivity contribution in [2.24, 2.45) is 0 Å². The van der Waals surface area contributed by atoms with Gasteiger partial charge in [-0.25, -0.2) is 4.79 Å². The van der Waals surface area contributed by atoms with Gasteiger partial charge in [0.1, 0.15) is 0 Å². The Balaban J connectivity index is 1.88. The molecule has 0 atom stereocenters. The zero-order valence-electron chi connectivity index (χ0n) is 14.2. The van der Waals surface area contributed by atoms with Crippen molar-refractivity contribution in [2.75, 3.05) is 24.8 Å². The highest BCUT2D eigenvalue weighted by atomic mass is 35.5. The summed E-state index contributed by atoms with van der Waals surface area (Å²) < 4.78 is 4.77. The third-order valence-electron chi connectivity index (χ3n) is 3.66. The molecule has 0 aliphatic heterocycles. The van der Waals surface area contributed by atoms with E-state index in [1.807, 2.05) is 24.3 Å². The molecule has 0 fully saturated rings. The minimum Gasteiger partial charge on any atom is -0.465 e. The molecule has 0 radical (unpaired) electrons. The maximum atomic E-state index is 12.4. The minimum absolute atomic E-state index is 0.0342. The first-order valence-corrected chi connectivity index (χ1v) is 9.21. The molecule has 2 aromatic carbocycles. The molecular weight excluding hydrogens is 358 g/mol. The molecule has 1 amide bonds. The van der Waals surface area contributed by atoms with Crippen molar-refractivity contribution < 1.29 is 14.3 Å². The Labute approximate surface area is 157 Å². The van der Waals surface area contributed by atoms with Gasteiger partial charge in [0.15, 0.2) is 0 Å². The van der Waals surface area contributed by atoms with Crippen molar-refractivity contribution in [3.05, 3.63) is 59.1 Å². The Morgan fingerprint density at radius 2 is 1.80 bits per heavy atom. The van der Waals surface area contributed by atoms with E-state index in [2.05, 4.69) is 0 Å². The third-order valence-corrected chi connectivity index (χ3v) is 5.01. The third kappa shape index (κ3) is 5.51. The summed E-state index contributed by atoms with van der Waals surface area (Å²) in [6.45, 7) is 0. The van der Waals surface area contributed by atoms with Crippen molar-refractivity contribution in [2.45, 2.75) is 17.7 Å². The van der Waals surface area contributed by atoms with Crippen LogP contribution >= 0.6 is 23.4 Å². The van der Waals surface area contributed by atoms with E-state index >= 15 is 0 Å². The van der Waals surface area contributed by atoms with Crippen molar-refractivity contribution in [1.82, 2.24) is 0 Å². The lowest BCUT2D eigenvalue weighted by Crippen LogP contribution is -2.27. The van der Waals surface area contributed by atoms with Crippen molar-refractivity contribution in [1.29, 1.82) is 0 Å². The van der Waals surface area contributed by atoms with Gasteiger partial charge in [-0.15, -0.1) is 11.8 Å². The van der Waals surface area contributed by atoms with E-state index < -0.39 is 5.97 Å². The fraction of sp³-hybridized carbons (Fsp3) is 0.263. The summed E-state index contributed by atoms with van der Waals surface area (Å²) in [5.74, 6) is 0.349. The molecule has 0 saturated carbocycles. The number of esters is 1. The Hall–Kier alpha value is -1.98. The predicted octanol–water partition coefficient (Wildman–Crippen LogP) is 4.66. The molecule has 0 aliphatic rings. The number of halogens is 1. The first kappa shape index (κ1) is 19.3. The summed E-state index contributed by atoms with van der Waals surface area (Å²) in [6.07, 6.45) is 1.16. The molecule has 0 aromatic heterocycles. The molecule has 6 heteroatoms. The second-order valence-corrected chi connectivity index (χ2v) is 6.97. The monoisotopic (exact) mass is 377 g/mol. The zero-order chi connectivity index (χ0) is 18.2. The molecule has 4 nitrogen and oxygen atoms in total. The summed E-state index contributed by atoms with van der Waals surface area (Å²) in [4.78, 5) is 26.9. The highest BCUT2D eigenvalue weighted by Gasteiger charge is 2.18. The molecule has 0 bridgehead atoms. The van der Waals surface area contributed by atoms with E-state index in [9.17, 15) is 9.59 Å². The largest absolute Gasteiger partial charge is 0.465 e. The molecule has 132 valence electrons. The molecule has 25 heavy (non-hydrogen) atoms. The minimum atomic E-state index is -0.450. The number of hydrogen-bond acceptors (Lipinski definition) is 4. The predicted molar refractivity (Wildman–Crippen MR) is 103 cm³/mol. The summed E-state index contributed by atoms with van der Waals surface area (Å²) in [7, 11) is 3.01. The number of benzene rings is 2. The highest BCUT2D eigenvalue weighted by Crippen LogP contribution is 2.23. The van der Waals surface area contributed by atoms with Crippen LogP contribution < -0.4 is 4.90 Å². The summed E-state index contributed by atoms with van der Waals surface area (Å²) in [5, 5.41) is 0.713. The van der Waals surface area contributed by atoms with Crippen LogP contribution in [0.15, 0.2) is 53.4 Å². The van der Waals surface area contributed by atoms with Gasteiger partial charge in [-0.1, -0.05) is 23.7 Å². The molecule has 0 spiro atoms. The quantitative estimate of drug-likeness (QED) is 0.400. The van der Waals surface area contributed by atoms with Gasteiger partial charge in [-0.3, -0.25) is 4.79 Å². The topological polar surface area (TPSA) is 46.6 Å². The smallest absolute Gasteiger partial charge is 0.339 e. The summed E-state index contributed by atoms with van der Waals surface area (Å²) in [5.41, 5.74) is 0.945. The van der Waals surface area contributed by atoms with Gasteiger partial charge in [0, 0.05) is 23.4 Å². The number of rotatable bonds is 7. The van der Waals surface area contributed by atoms with E-state index in [1.54, 1.807) is 43.1 Å². The molecule has 0 saturated heterocycles. The van der Waals surface area contributed by atoms with E-state index in [0.717, 1.165) is 17.1 Å². The Morgan fingerprint density at radius 1 is 1.12 bits per heavy atom. The van der Waals surface area contributed by atoms with Crippen LogP contribution in [0.4, 0.5) is 5.69 Å². The van der Waals surface area contributed by atoms with E-state index in [0.29, 0.717) is 22.7 Å². The number of thioether (sulfide) groups is 1. The average molecular weight is 378 g/mol. The van der Waals surface area contributed by atoms with E-state index in [-0.39, 0.29) is 5.91 Å². The molecular formula is C19H20ClNO3S. The molecule has 2 aromatic rings. The highest BCUT2D eigenvalue weighted by molar-refractivity contribution is 7.99. The van der Waals surface area contributed by atoms with Crippen LogP contribution in [0.1, 0.15) is 23.2 Å². The van der Waals surface area contributed by atoms with Crippen LogP contribution in [0.25, 0.3) is 0 Å². The number of amides is 1. The zero-order valence-corrected chi connectivity index (χ0v) is 15.8. The Bertz CT molecular complexity index is 734. The lowest BCUT2D eigenvalue weighted by atomic mass is 10.1. The number of nitrogens with zero attached hydrogens (tertiary/aromatic N) is 1. The molecule has 0 aliphatic carbocycles. The Kier molecular flexibility index (Phi) is 7.34. The second-order valence-electron chi connectivity index (χ2n) is 5.37. The number of para-hydroxylation sites is 1. The fourth-order valence-corrected chi connectivity index (χ4v) is 3.27.